The van der Waals surface area contributed by atoms with Crippen molar-refractivity contribution in [2.24, 2.45) is 0 Å². The van der Waals surface area contributed by atoms with Gasteiger partial charge in [0.15, 0.2) is 9.84 Å². The molecule has 8 heteroatoms. The van der Waals surface area contributed by atoms with Crippen LogP contribution in [0.5, 0.6) is 0 Å². The molecule has 2 heterocycles. The zero-order chi connectivity index (χ0) is 17.6. The van der Waals surface area contributed by atoms with E-state index in [4.69, 9.17) is 4.74 Å². The minimum Gasteiger partial charge on any atom is -0.385 e. The van der Waals surface area contributed by atoms with Crippen LogP contribution in [-0.2, 0) is 14.6 Å². The summed E-state index contributed by atoms with van der Waals surface area (Å²) in [6.07, 6.45) is 3.02. The lowest BCUT2D eigenvalue weighted by molar-refractivity contribution is 0.0943. The van der Waals surface area contributed by atoms with Crippen LogP contribution in [0, 0.1) is 0 Å². The van der Waals surface area contributed by atoms with Crippen molar-refractivity contribution in [3.05, 3.63) is 24.0 Å². The molecule has 0 bridgehead atoms. The molecule has 1 aromatic heterocycles. The number of carbonyl (C=O) groups excluding carboxylic acids is 1. The van der Waals surface area contributed by atoms with E-state index in [2.05, 4.69) is 10.3 Å². The molecule has 1 saturated heterocycles. The Labute approximate surface area is 143 Å². The topological polar surface area (TPSA) is 88.6 Å². The maximum absolute atomic E-state index is 12.0. The zero-order valence-corrected chi connectivity index (χ0v) is 15.0. The van der Waals surface area contributed by atoms with Crippen LogP contribution in [0.4, 0.5) is 5.69 Å². The number of methoxy groups -OCH3 is 1. The Morgan fingerprint density at radius 3 is 2.79 bits per heavy atom. The molecule has 1 aromatic rings. The lowest BCUT2D eigenvalue weighted by Gasteiger charge is -2.28. The second kappa shape index (κ2) is 8.43. The Hall–Kier alpha value is -1.67. The fourth-order valence-corrected chi connectivity index (χ4v) is 4.60. The lowest BCUT2D eigenvalue weighted by atomic mass is 10.2. The Balaban J connectivity index is 1.98. The van der Waals surface area contributed by atoms with Crippen LogP contribution in [0.2, 0.25) is 0 Å². The van der Waals surface area contributed by atoms with Gasteiger partial charge in [0.05, 0.1) is 23.4 Å². The van der Waals surface area contributed by atoms with Crippen LogP contribution in [0.25, 0.3) is 0 Å². The fraction of sp³-hybridized carbons (Fsp3) is 0.625. The first-order valence-corrected chi connectivity index (χ1v) is 9.99. The fourth-order valence-electron chi connectivity index (χ4n) is 2.87. The van der Waals surface area contributed by atoms with Gasteiger partial charge in [-0.3, -0.25) is 4.79 Å². The number of hydrogen-bond acceptors (Lipinski definition) is 6. The van der Waals surface area contributed by atoms with Crippen molar-refractivity contribution in [2.45, 2.75) is 25.8 Å². The normalized spacial score (nSPS) is 19.2. The van der Waals surface area contributed by atoms with Gasteiger partial charge in [-0.1, -0.05) is 0 Å². The molecule has 2 rings (SSSR count). The second-order valence-corrected chi connectivity index (χ2v) is 8.08. The number of nitrogens with one attached hydrogen (secondary N) is 1. The highest BCUT2D eigenvalue weighted by Crippen LogP contribution is 2.23. The third-order valence-corrected chi connectivity index (χ3v) is 5.86. The van der Waals surface area contributed by atoms with Crippen molar-refractivity contribution in [1.82, 2.24) is 10.3 Å². The molecule has 1 aliphatic rings. The molecule has 134 valence electrons. The zero-order valence-electron chi connectivity index (χ0n) is 14.2. The molecule has 0 aliphatic carbocycles. The molecule has 0 radical (unpaired) electrons. The second-order valence-electron chi connectivity index (χ2n) is 5.85. The van der Waals surface area contributed by atoms with Gasteiger partial charge in [0.1, 0.15) is 5.69 Å². The SMILES string of the molecule is CCN(c1ccc(C(=O)NCCCOC)nc1)C1CCS(=O)(=O)C1. The van der Waals surface area contributed by atoms with Crippen LogP contribution in [0.1, 0.15) is 30.3 Å². The summed E-state index contributed by atoms with van der Waals surface area (Å²) >= 11 is 0. The van der Waals surface area contributed by atoms with E-state index in [-0.39, 0.29) is 23.5 Å². The number of nitrogens with zero attached hydrogens (tertiary/aromatic N) is 2. The first-order chi connectivity index (χ1) is 11.5. The predicted molar refractivity (Wildman–Crippen MR) is 93.1 cm³/mol. The van der Waals surface area contributed by atoms with Crippen LogP contribution in [0.15, 0.2) is 18.3 Å². The number of sulfone groups is 1. The van der Waals surface area contributed by atoms with Gasteiger partial charge in [0.25, 0.3) is 5.91 Å². The summed E-state index contributed by atoms with van der Waals surface area (Å²) in [5.74, 6) is 0.204. The van der Waals surface area contributed by atoms with Gasteiger partial charge in [-0.05, 0) is 31.9 Å². The molecule has 7 nitrogen and oxygen atoms in total. The quantitative estimate of drug-likeness (QED) is 0.696. The number of hydrogen-bond donors (Lipinski definition) is 1. The van der Waals surface area contributed by atoms with Crippen molar-refractivity contribution in [3.8, 4) is 0 Å². The average Bonchev–Trinajstić information content (AvgIpc) is 2.92. The third-order valence-electron chi connectivity index (χ3n) is 4.11. The molecule has 1 amide bonds. The van der Waals surface area contributed by atoms with Gasteiger partial charge in [0, 0.05) is 32.8 Å². The summed E-state index contributed by atoms with van der Waals surface area (Å²) < 4.78 is 28.3. The summed E-state index contributed by atoms with van der Waals surface area (Å²) in [6.45, 7) is 3.82. The molecule has 1 aliphatic heterocycles. The maximum atomic E-state index is 12.0. The molecule has 1 N–H and O–H groups in total. The van der Waals surface area contributed by atoms with Gasteiger partial charge in [-0.2, -0.15) is 0 Å². The summed E-state index contributed by atoms with van der Waals surface area (Å²) in [6, 6.07) is 3.48. The Morgan fingerprint density at radius 2 is 2.25 bits per heavy atom. The van der Waals surface area contributed by atoms with E-state index in [1.54, 1.807) is 19.4 Å². The van der Waals surface area contributed by atoms with Crippen molar-refractivity contribution in [3.63, 3.8) is 0 Å². The number of aromatic nitrogens is 1. The van der Waals surface area contributed by atoms with E-state index in [9.17, 15) is 13.2 Å². The highest BCUT2D eigenvalue weighted by molar-refractivity contribution is 7.91. The van der Waals surface area contributed by atoms with E-state index in [0.717, 1.165) is 12.1 Å². The standard InChI is InChI=1S/C16H25N3O4S/c1-3-19(14-7-10-24(21,22)12-14)13-5-6-15(18-11-13)16(20)17-8-4-9-23-2/h5-6,11,14H,3-4,7-10,12H2,1-2H3,(H,17,20). The Bertz CT molecular complexity index is 646. The highest BCUT2D eigenvalue weighted by atomic mass is 32.2. The third kappa shape index (κ3) is 4.91. The summed E-state index contributed by atoms with van der Waals surface area (Å²) in [7, 11) is -1.31. The molecular formula is C16H25N3O4S. The van der Waals surface area contributed by atoms with Crippen LogP contribution >= 0.6 is 0 Å². The largest absolute Gasteiger partial charge is 0.385 e. The number of amides is 1. The van der Waals surface area contributed by atoms with Crippen molar-refractivity contribution >= 4 is 21.4 Å². The number of rotatable bonds is 8. The van der Waals surface area contributed by atoms with Crippen molar-refractivity contribution < 1.29 is 17.9 Å². The molecule has 0 aromatic carbocycles. The van der Waals surface area contributed by atoms with Gasteiger partial charge in [-0.15, -0.1) is 0 Å². The highest BCUT2D eigenvalue weighted by Gasteiger charge is 2.31. The van der Waals surface area contributed by atoms with Gasteiger partial charge in [-0.25, -0.2) is 13.4 Å². The van der Waals surface area contributed by atoms with E-state index >= 15 is 0 Å². The Kier molecular flexibility index (Phi) is 6.56. The molecule has 1 unspecified atom stereocenters. The first kappa shape index (κ1) is 18.7. The van der Waals surface area contributed by atoms with Crippen molar-refractivity contribution in [1.29, 1.82) is 0 Å². The molecule has 1 fully saturated rings. The predicted octanol–water partition coefficient (Wildman–Crippen LogP) is 0.861. The number of pyridine rings is 1. The number of carbonyl (C=O) groups is 1. The first-order valence-electron chi connectivity index (χ1n) is 8.17. The molecule has 0 spiro atoms. The number of ether oxygens (including phenoxy) is 1. The summed E-state index contributed by atoms with van der Waals surface area (Å²) in [4.78, 5) is 18.3. The van der Waals surface area contributed by atoms with Crippen LogP contribution < -0.4 is 10.2 Å². The van der Waals surface area contributed by atoms with Crippen LogP contribution in [-0.4, -0.2) is 63.7 Å². The van der Waals surface area contributed by atoms with Crippen LogP contribution in [0.3, 0.4) is 0 Å². The van der Waals surface area contributed by atoms with E-state index in [0.29, 0.717) is 31.8 Å². The Morgan fingerprint density at radius 1 is 1.46 bits per heavy atom. The average molecular weight is 355 g/mol. The molecule has 24 heavy (non-hydrogen) atoms. The van der Waals surface area contributed by atoms with Crippen molar-refractivity contribution in [2.75, 3.05) is 43.2 Å². The van der Waals surface area contributed by atoms with E-state index in [1.807, 2.05) is 17.9 Å². The lowest BCUT2D eigenvalue weighted by Crippen LogP contribution is -2.36. The molecule has 1 atom stereocenters. The summed E-state index contributed by atoms with van der Waals surface area (Å²) in [5.41, 5.74) is 1.20. The van der Waals surface area contributed by atoms with E-state index < -0.39 is 9.84 Å². The smallest absolute Gasteiger partial charge is 0.269 e. The van der Waals surface area contributed by atoms with Gasteiger partial charge in [0.2, 0.25) is 0 Å². The minimum absolute atomic E-state index is 0.0180. The molecule has 0 saturated carbocycles. The molecular weight excluding hydrogens is 330 g/mol. The van der Waals surface area contributed by atoms with Gasteiger partial charge < -0.3 is 15.0 Å². The number of anilines is 1. The van der Waals surface area contributed by atoms with Gasteiger partial charge >= 0.3 is 0 Å². The monoisotopic (exact) mass is 355 g/mol. The summed E-state index contributed by atoms with van der Waals surface area (Å²) in [5, 5.41) is 2.79. The maximum Gasteiger partial charge on any atom is 0.269 e. The minimum atomic E-state index is -2.93. The van der Waals surface area contributed by atoms with E-state index in [1.165, 1.54) is 0 Å².